The number of para-hydroxylation sites is 1. The van der Waals surface area contributed by atoms with E-state index in [4.69, 9.17) is 0 Å². The molecule has 0 aromatic heterocycles. The van der Waals surface area contributed by atoms with Crippen molar-refractivity contribution in [2.75, 3.05) is 32.1 Å². The Morgan fingerprint density at radius 2 is 1.83 bits per heavy atom. The van der Waals surface area contributed by atoms with Gasteiger partial charge in [-0.15, -0.1) is 11.7 Å². The highest BCUT2D eigenvalue weighted by Crippen LogP contribution is 2.53. The van der Waals surface area contributed by atoms with Crippen LogP contribution in [-0.4, -0.2) is 58.5 Å². The number of aliphatic hydroxyl groups excluding tert-OH is 2. The second-order valence-corrected chi connectivity index (χ2v) is 13.6. The van der Waals surface area contributed by atoms with Gasteiger partial charge in [-0.05, 0) is 67.6 Å². The number of allylic oxidation sites excluding steroid dienone is 1. The van der Waals surface area contributed by atoms with Crippen molar-refractivity contribution in [2.24, 2.45) is 23.7 Å². The fourth-order valence-corrected chi connectivity index (χ4v) is 8.01. The quantitative estimate of drug-likeness (QED) is 0.0905. The summed E-state index contributed by atoms with van der Waals surface area (Å²) in [6.07, 6.45) is 7.10. The maximum atomic E-state index is 12.3. The van der Waals surface area contributed by atoms with E-state index < -0.39 is 0 Å². The van der Waals surface area contributed by atoms with Gasteiger partial charge >= 0.3 is 0 Å². The normalized spacial score (nSPS) is 23.9. The van der Waals surface area contributed by atoms with Gasteiger partial charge in [-0.1, -0.05) is 67.1 Å². The molecule has 0 radical (unpaired) electrons. The predicted octanol–water partition coefficient (Wildman–Crippen LogP) is 6.23. The van der Waals surface area contributed by atoms with Crippen LogP contribution in [0.4, 0.5) is 5.69 Å². The van der Waals surface area contributed by atoms with E-state index in [-0.39, 0.29) is 36.4 Å². The molecular weight excluding hydrogens is 549 g/mol. The van der Waals surface area contributed by atoms with Crippen LogP contribution >= 0.6 is 22.5 Å². The van der Waals surface area contributed by atoms with Crippen molar-refractivity contribution >= 4 is 45.8 Å². The molecule has 1 amide bonds. The number of benzene rings is 2. The lowest BCUT2D eigenvalue weighted by atomic mass is 9.54. The van der Waals surface area contributed by atoms with Crippen LogP contribution in [0, 0.1) is 23.7 Å². The van der Waals surface area contributed by atoms with Gasteiger partial charge in [-0.3, -0.25) is 4.79 Å². The molecule has 5 atom stereocenters. The summed E-state index contributed by atoms with van der Waals surface area (Å²) < 4.78 is 2.41. The SMILES string of the molecule is CC(CSS)C(=O)NCCC[N+]1=C(C=Cc2ccc(C3C(C)C(CCCO)C3CO)cc2)C(C)(C)c2ccccc21. The molecule has 2 aliphatic rings. The highest BCUT2D eigenvalue weighted by atomic mass is 33.1. The Kier molecular flexibility index (Phi) is 11.2. The molecule has 0 spiro atoms. The number of aliphatic hydroxyl groups is 2. The van der Waals surface area contributed by atoms with Crippen molar-refractivity contribution < 1.29 is 19.6 Å². The number of nitrogens with zero attached hydrogens (tertiary/aromatic N) is 1. The molecule has 3 N–H and O–H groups in total. The minimum Gasteiger partial charge on any atom is -0.396 e. The Hall–Kier alpha value is -2.06. The highest BCUT2D eigenvalue weighted by Gasteiger charge is 2.47. The van der Waals surface area contributed by atoms with E-state index >= 15 is 0 Å². The molecule has 1 saturated carbocycles. The van der Waals surface area contributed by atoms with Gasteiger partial charge in [0.05, 0.1) is 5.41 Å². The zero-order chi connectivity index (χ0) is 29.6. The highest BCUT2D eigenvalue weighted by molar-refractivity contribution is 8.68. The summed E-state index contributed by atoms with van der Waals surface area (Å²) in [6.45, 7) is 10.7. The summed E-state index contributed by atoms with van der Waals surface area (Å²) >= 11 is 4.17. The molecule has 2 aromatic carbocycles. The van der Waals surface area contributed by atoms with Gasteiger partial charge in [0.2, 0.25) is 11.6 Å². The van der Waals surface area contributed by atoms with Gasteiger partial charge in [0.15, 0.2) is 12.3 Å². The monoisotopic (exact) mass is 595 g/mol. The molecule has 2 aromatic rings. The van der Waals surface area contributed by atoms with Gasteiger partial charge in [-0.25, -0.2) is 0 Å². The van der Waals surface area contributed by atoms with E-state index in [1.807, 2.05) is 6.92 Å². The van der Waals surface area contributed by atoms with E-state index in [2.05, 4.69) is 103 Å². The first-order valence-electron chi connectivity index (χ1n) is 15.0. The number of fused-ring (bicyclic) bond motifs is 1. The van der Waals surface area contributed by atoms with Gasteiger partial charge < -0.3 is 15.5 Å². The average Bonchev–Trinajstić information content (AvgIpc) is 3.18. The largest absolute Gasteiger partial charge is 0.396 e. The number of hydrogen-bond donors (Lipinski definition) is 4. The Bertz CT molecular complexity index is 1240. The summed E-state index contributed by atoms with van der Waals surface area (Å²) in [4.78, 5) is 12.3. The Balaban J connectivity index is 1.48. The summed E-state index contributed by atoms with van der Waals surface area (Å²) in [5.41, 5.74) is 6.13. The van der Waals surface area contributed by atoms with Crippen LogP contribution in [0.2, 0.25) is 0 Å². The topological polar surface area (TPSA) is 72.6 Å². The second kappa shape index (κ2) is 14.4. The molecule has 41 heavy (non-hydrogen) atoms. The first kappa shape index (κ1) is 31.9. The smallest absolute Gasteiger partial charge is 0.223 e. The van der Waals surface area contributed by atoms with Gasteiger partial charge in [-0.2, -0.15) is 4.58 Å². The fraction of sp³-hybridized carbons (Fsp3) is 0.529. The van der Waals surface area contributed by atoms with Crippen LogP contribution in [0.15, 0.2) is 54.6 Å². The Morgan fingerprint density at radius 1 is 1.10 bits per heavy atom. The number of thiol groups is 1. The summed E-state index contributed by atoms with van der Waals surface area (Å²) in [6, 6.07) is 17.4. The molecule has 1 fully saturated rings. The summed E-state index contributed by atoms with van der Waals surface area (Å²) in [5, 5.41) is 22.4. The Labute approximate surface area is 255 Å². The predicted molar refractivity (Wildman–Crippen MR) is 175 cm³/mol. The zero-order valence-electron chi connectivity index (χ0n) is 24.9. The molecule has 0 saturated heterocycles. The molecule has 1 aliphatic heterocycles. The lowest BCUT2D eigenvalue weighted by Gasteiger charge is -2.51. The molecule has 1 heterocycles. The number of amides is 1. The number of carbonyl (C=O) groups is 1. The van der Waals surface area contributed by atoms with Crippen molar-refractivity contribution in [3.63, 3.8) is 0 Å². The third-order valence-electron chi connectivity index (χ3n) is 9.34. The van der Waals surface area contributed by atoms with Crippen LogP contribution in [-0.2, 0) is 10.2 Å². The Morgan fingerprint density at radius 3 is 2.51 bits per heavy atom. The minimum atomic E-state index is -0.131. The van der Waals surface area contributed by atoms with Crippen LogP contribution < -0.4 is 5.32 Å². The van der Waals surface area contributed by atoms with Crippen molar-refractivity contribution in [1.29, 1.82) is 0 Å². The first-order valence-corrected chi connectivity index (χ1v) is 17.1. The van der Waals surface area contributed by atoms with Crippen LogP contribution in [0.3, 0.4) is 0 Å². The average molecular weight is 596 g/mol. The maximum absolute atomic E-state index is 12.3. The molecule has 0 bridgehead atoms. The first-order chi connectivity index (χ1) is 19.7. The van der Waals surface area contributed by atoms with E-state index in [0.29, 0.717) is 30.1 Å². The lowest BCUT2D eigenvalue weighted by Crippen LogP contribution is -2.45. The summed E-state index contributed by atoms with van der Waals surface area (Å²) in [7, 11) is 1.40. The molecule has 222 valence electrons. The van der Waals surface area contributed by atoms with E-state index in [1.54, 1.807) is 0 Å². The number of nitrogens with one attached hydrogen (secondary N) is 1. The lowest BCUT2D eigenvalue weighted by molar-refractivity contribution is -0.437. The summed E-state index contributed by atoms with van der Waals surface area (Å²) in [5.74, 6) is 2.38. The van der Waals surface area contributed by atoms with E-state index in [9.17, 15) is 15.0 Å². The number of carbonyl (C=O) groups excluding carboxylic acids is 1. The fourth-order valence-electron chi connectivity index (χ4n) is 6.97. The number of hydrogen-bond acceptors (Lipinski definition) is 5. The molecule has 4 rings (SSSR count). The van der Waals surface area contributed by atoms with Gasteiger partial charge in [0.1, 0.15) is 0 Å². The van der Waals surface area contributed by atoms with Gasteiger partial charge in [0, 0.05) is 55.6 Å². The molecule has 5 nitrogen and oxygen atoms in total. The van der Waals surface area contributed by atoms with Crippen LogP contribution in [0.25, 0.3) is 6.08 Å². The molecular formula is C34H47N2O3S2+. The van der Waals surface area contributed by atoms with Crippen molar-refractivity contribution in [3.8, 4) is 0 Å². The van der Waals surface area contributed by atoms with Crippen LogP contribution in [0.1, 0.15) is 69.6 Å². The third kappa shape index (κ3) is 6.96. The third-order valence-corrected chi connectivity index (χ3v) is 10.4. The van der Waals surface area contributed by atoms with E-state index in [0.717, 1.165) is 31.4 Å². The van der Waals surface area contributed by atoms with Gasteiger partial charge in [0.25, 0.3) is 0 Å². The van der Waals surface area contributed by atoms with E-state index in [1.165, 1.54) is 33.3 Å². The standard InChI is InChI=1S/C34H46N2O3S2/c1-23(22-41-40)33(39)35-18-8-19-36-30-11-6-5-10-29(30)34(3,4)31(36)17-14-25-12-15-26(16-13-25)32-24(2)27(9-7-20-37)28(32)21-38/h5-6,10-17,23-24,27-28,32,37-38H,7-9,18-22H2,1-4H3,(H-,35,39,40)/p+1. The minimum absolute atomic E-state index is 0.0462. The molecule has 1 aliphatic carbocycles. The molecule has 5 unspecified atom stereocenters. The van der Waals surface area contributed by atoms with Crippen molar-refractivity contribution in [3.05, 3.63) is 71.3 Å². The molecule has 7 heteroatoms. The maximum Gasteiger partial charge on any atom is 0.223 e. The second-order valence-electron chi connectivity index (χ2n) is 12.3. The number of rotatable bonds is 14. The van der Waals surface area contributed by atoms with Crippen molar-refractivity contribution in [1.82, 2.24) is 5.32 Å². The zero-order valence-corrected chi connectivity index (χ0v) is 26.6. The van der Waals surface area contributed by atoms with Crippen molar-refractivity contribution in [2.45, 2.75) is 58.3 Å². The van der Waals surface area contributed by atoms with Crippen LogP contribution in [0.5, 0.6) is 0 Å².